The lowest BCUT2D eigenvalue weighted by Crippen LogP contribution is -2.46. The molecule has 1 atom stereocenters. The molecule has 0 radical (unpaired) electrons. The van der Waals surface area contributed by atoms with Gasteiger partial charge in [-0.05, 0) is 60.7 Å². The van der Waals surface area contributed by atoms with Gasteiger partial charge in [0.15, 0.2) is 11.9 Å². The van der Waals surface area contributed by atoms with E-state index in [-0.39, 0.29) is 10.7 Å². The Kier molecular flexibility index (Phi) is 6.02. The first-order valence-corrected chi connectivity index (χ1v) is 10.2. The quantitative estimate of drug-likeness (QED) is 0.387. The van der Waals surface area contributed by atoms with Crippen molar-refractivity contribution in [3.63, 3.8) is 0 Å². The van der Waals surface area contributed by atoms with E-state index in [9.17, 15) is 18.0 Å². The third kappa shape index (κ3) is 5.23. The number of Topliss-reactive ketones (excluding diaryl/α,β-unsaturated/α-hetero) is 1. The number of benzene rings is 2. The minimum atomic E-state index is -3.85. The van der Waals surface area contributed by atoms with Crippen LogP contribution in [-0.2, 0) is 10.0 Å². The molecule has 29 heavy (non-hydrogen) atoms. The van der Waals surface area contributed by atoms with E-state index in [1.54, 1.807) is 18.2 Å². The summed E-state index contributed by atoms with van der Waals surface area (Å²) in [6, 6.07) is 14.6. The second kappa shape index (κ2) is 8.48. The smallest absolute Gasteiger partial charge is 0.288 e. The second-order valence-electron chi connectivity index (χ2n) is 5.97. The van der Waals surface area contributed by atoms with E-state index in [1.807, 2.05) is 0 Å². The largest absolute Gasteiger partial charge is 0.459 e. The van der Waals surface area contributed by atoms with Gasteiger partial charge in [0.05, 0.1) is 11.2 Å². The molecule has 0 saturated carbocycles. The highest BCUT2D eigenvalue weighted by Crippen LogP contribution is 2.16. The third-order valence-electron chi connectivity index (χ3n) is 3.91. The molecule has 0 saturated heterocycles. The Morgan fingerprint density at radius 1 is 1.00 bits per heavy atom. The number of primary sulfonamides is 1. The number of ketones is 1. The van der Waals surface area contributed by atoms with Gasteiger partial charge in [-0.25, -0.2) is 13.6 Å². The van der Waals surface area contributed by atoms with Gasteiger partial charge >= 0.3 is 0 Å². The van der Waals surface area contributed by atoms with Crippen LogP contribution in [0.5, 0.6) is 0 Å². The topological polar surface area (TPSA) is 132 Å². The van der Waals surface area contributed by atoms with E-state index in [4.69, 9.17) is 21.2 Å². The molecule has 0 aliphatic rings. The average molecular weight is 434 g/mol. The number of furan rings is 1. The van der Waals surface area contributed by atoms with Gasteiger partial charge in [0.25, 0.3) is 5.91 Å². The van der Waals surface area contributed by atoms with Gasteiger partial charge in [0.2, 0.25) is 15.8 Å². The predicted molar refractivity (Wildman–Crippen MR) is 107 cm³/mol. The molecule has 8 nitrogen and oxygen atoms in total. The van der Waals surface area contributed by atoms with Gasteiger partial charge in [-0.15, -0.1) is 0 Å². The number of nitrogens with one attached hydrogen (secondary N) is 2. The van der Waals surface area contributed by atoms with Crippen LogP contribution in [0.25, 0.3) is 0 Å². The summed E-state index contributed by atoms with van der Waals surface area (Å²) in [7, 11) is -3.85. The van der Waals surface area contributed by atoms with Gasteiger partial charge < -0.3 is 15.1 Å². The zero-order valence-electron chi connectivity index (χ0n) is 14.8. The fraction of sp³-hybridized carbons (Fsp3) is 0.0526. The first-order valence-electron chi connectivity index (χ1n) is 8.27. The van der Waals surface area contributed by atoms with Crippen LogP contribution >= 0.6 is 11.6 Å². The lowest BCUT2D eigenvalue weighted by molar-refractivity contribution is 0.0853. The number of hydrogen-bond donors (Lipinski definition) is 3. The van der Waals surface area contributed by atoms with E-state index < -0.39 is 27.9 Å². The van der Waals surface area contributed by atoms with E-state index in [0.717, 1.165) is 0 Å². The number of hydrogen-bond acceptors (Lipinski definition) is 6. The highest BCUT2D eigenvalue weighted by atomic mass is 35.5. The Morgan fingerprint density at radius 3 is 2.21 bits per heavy atom. The molecule has 0 aliphatic carbocycles. The highest BCUT2D eigenvalue weighted by molar-refractivity contribution is 7.89. The Labute approximate surface area is 171 Å². The highest BCUT2D eigenvalue weighted by Gasteiger charge is 2.24. The Hall–Kier alpha value is -3.14. The molecule has 150 valence electrons. The molecular formula is C19H16ClN3O5S. The molecule has 1 heterocycles. The van der Waals surface area contributed by atoms with Crippen LogP contribution < -0.4 is 15.8 Å². The van der Waals surface area contributed by atoms with Gasteiger partial charge in [0, 0.05) is 16.3 Å². The van der Waals surface area contributed by atoms with Crippen molar-refractivity contribution in [3.8, 4) is 0 Å². The normalized spacial score (nSPS) is 12.2. The monoisotopic (exact) mass is 433 g/mol. The number of anilines is 1. The standard InChI is InChI=1S/C19H16ClN3O5S/c20-13-5-3-12(4-6-13)17(24)18(23-19(25)16-2-1-11-28-16)22-14-7-9-15(10-8-14)29(21,26)27/h1-11,18,22H,(H,23,25)(H2,21,26,27)/t18-/m0/s1. The van der Waals surface area contributed by atoms with Gasteiger partial charge in [-0.3, -0.25) is 9.59 Å². The third-order valence-corrected chi connectivity index (χ3v) is 5.09. The minimum Gasteiger partial charge on any atom is -0.459 e. The maximum Gasteiger partial charge on any atom is 0.288 e. The van der Waals surface area contributed by atoms with E-state index in [2.05, 4.69) is 10.6 Å². The summed E-state index contributed by atoms with van der Waals surface area (Å²) in [4.78, 5) is 25.2. The molecule has 3 aromatic rings. The lowest BCUT2D eigenvalue weighted by atomic mass is 10.1. The Bertz CT molecular complexity index is 1110. The number of sulfonamides is 1. The van der Waals surface area contributed by atoms with Crippen LogP contribution in [-0.4, -0.2) is 26.3 Å². The van der Waals surface area contributed by atoms with Crippen molar-refractivity contribution in [1.29, 1.82) is 0 Å². The first kappa shape index (κ1) is 20.6. The van der Waals surface area contributed by atoms with Crippen molar-refractivity contribution in [2.24, 2.45) is 5.14 Å². The summed E-state index contributed by atoms with van der Waals surface area (Å²) in [6.45, 7) is 0. The SMILES string of the molecule is NS(=O)(=O)c1ccc(N[C@@H](NC(=O)c2ccco2)C(=O)c2ccc(Cl)cc2)cc1. The van der Waals surface area contributed by atoms with Crippen molar-refractivity contribution in [2.75, 3.05) is 5.32 Å². The summed E-state index contributed by atoms with van der Waals surface area (Å²) in [5, 5.41) is 11.0. The molecule has 0 aliphatic heterocycles. The zero-order valence-corrected chi connectivity index (χ0v) is 16.4. The van der Waals surface area contributed by atoms with Crippen LogP contribution in [0, 0.1) is 0 Å². The van der Waals surface area contributed by atoms with Crippen molar-refractivity contribution >= 4 is 39.0 Å². The summed E-state index contributed by atoms with van der Waals surface area (Å²) in [5.41, 5.74) is 0.706. The van der Waals surface area contributed by atoms with Gasteiger partial charge in [-0.1, -0.05) is 11.6 Å². The summed E-state index contributed by atoms with van der Waals surface area (Å²) in [6.07, 6.45) is 0.179. The number of rotatable bonds is 7. The van der Waals surface area contributed by atoms with E-state index in [0.29, 0.717) is 16.3 Å². The number of amides is 1. The van der Waals surface area contributed by atoms with E-state index >= 15 is 0 Å². The molecule has 0 fully saturated rings. The zero-order chi connectivity index (χ0) is 21.0. The number of nitrogens with two attached hydrogens (primary N) is 1. The molecule has 1 amide bonds. The van der Waals surface area contributed by atoms with Crippen molar-refractivity contribution in [2.45, 2.75) is 11.1 Å². The molecule has 1 aromatic heterocycles. The summed E-state index contributed by atoms with van der Waals surface area (Å²) >= 11 is 5.86. The molecule has 0 unspecified atom stereocenters. The Balaban J connectivity index is 1.86. The van der Waals surface area contributed by atoms with Crippen LogP contribution in [0.15, 0.2) is 76.2 Å². The van der Waals surface area contributed by atoms with Gasteiger partial charge in [-0.2, -0.15) is 0 Å². The summed E-state index contributed by atoms with van der Waals surface area (Å²) in [5.74, 6) is -1.00. The summed E-state index contributed by atoms with van der Waals surface area (Å²) < 4.78 is 27.8. The van der Waals surface area contributed by atoms with E-state index in [1.165, 1.54) is 48.7 Å². The molecular weight excluding hydrogens is 418 g/mol. The molecule has 2 aromatic carbocycles. The number of halogens is 1. The number of carbonyl (C=O) groups is 2. The minimum absolute atomic E-state index is 0.0327. The van der Waals surface area contributed by atoms with Crippen molar-refractivity contribution in [1.82, 2.24) is 5.32 Å². The van der Waals surface area contributed by atoms with Crippen molar-refractivity contribution in [3.05, 3.63) is 83.3 Å². The maximum absolute atomic E-state index is 12.9. The first-order chi connectivity index (χ1) is 13.7. The maximum atomic E-state index is 12.9. The van der Waals surface area contributed by atoms with Crippen LogP contribution in [0.1, 0.15) is 20.9 Å². The fourth-order valence-electron chi connectivity index (χ4n) is 2.47. The molecule has 4 N–H and O–H groups in total. The molecule has 0 spiro atoms. The van der Waals surface area contributed by atoms with Crippen LogP contribution in [0.2, 0.25) is 5.02 Å². The molecule has 3 rings (SSSR count). The lowest BCUT2D eigenvalue weighted by Gasteiger charge is -2.20. The predicted octanol–water partition coefficient (Wildman–Crippen LogP) is 2.63. The van der Waals surface area contributed by atoms with Crippen LogP contribution in [0.3, 0.4) is 0 Å². The second-order valence-corrected chi connectivity index (χ2v) is 7.97. The number of carbonyl (C=O) groups excluding carboxylic acids is 2. The molecule has 10 heteroatoms. The fourth-order valence-corrected chi connectivity index (χ4v) is 3.11. The average Bonchev–Trinajstić information content (AvgIpc) is 3.22. The van der Waals surface area contributed by atoms with Crippen molar-refractivity contribution < 1.29 is 22.4 Å². The molecule has 0 bridgehead atoms. The van der Waals surface area contributed by atoms with Gasteiger partial charge in [0.1, 0.15) is 0 Å². The Morgan fingerprint density at radius 2 is 1.66 bits per heavy atom. The van der Waals surface area contributed by atoms with Crippen LogP contribution in [0.4, 0.5) is 5.69 Å².